The van der Waals surface area contributed by atoms with E-state index in [2.05, 4.69) is 72.6 Å². The van der Waals surface area contributed by atoms with Crippen LogP contribution in [0.15, 0.2) is 104 Å². The normalized spacial score (nSPS) is 10.7. The first kappa shape index (κ1) is 38.9. The Morgan fingerprint density at radius 2 is 1.31 bits per heavy atom. The summed E-state index contributed by atoms with van der Waals surface area (Å²) in [6, 6.07) is 19.7. The number of hydrogen-bond donors (Lipinski definition) is 3. The summed E-state index contributed by atoms with van der Waals surface area (Å²) < 4.78 is 27.0. The maximum atomic E-state index is 13.8. The van der Waals surface area contributed by atoms with Gasteiger partial charge in [-0.1, -0.05) is 35.3 Å². The fourth-order valence-electron chi connectivity index (χ4n) is 5.20. The van der Waals surface area contributed by atoms with Crippen LogP contribution < -0.4 is 14.7 Å². The maximum Gasteiger partial charge on any atom is 0.146 e. The summed E-state index contributed by atoms with van der Waals surface area (Å²) in [5.41, 5.74) is 3.35. The first-order valence-electron chi connectivity index (χ1n) is 16.7. The Kier molecular flexibility index (Phi) is 14.9. The van der Waals surface area contributed by atoms with Crippen molar-refractivity contribution in [2.75, 3.05) is 21.2 Å². The second kappa shape index (κ2) is 19.5. The number of anilines is 3. The molecule has 0 amide bonds. The first-order chi connectivity index (χ1) is 24.5. The quantitative estimate of drug-likeness (QED) is 0.116. The van der Waals surface area contributed by atoms with E-state index >= 15 is 0 Å². The molecule has 6 aromatic rings. The molecule has 0 saturated heterocycles. The molecule has 0 aliphatic carbocycles. The van der Waals surface area contributed by atoms with E-state index < -0.39 is 11.6 Å². The van der Waals surface area contributed by atoms with Crippen molar-refractivity contribution in [2.45, 2.75) is 66.3 Å². The number of nitrogens with zero attached hydrogens (tertiary/aromatic N) is 6. The van der Waals surface area contributed by atoms with E-state index in [0.717, 1.165) is 70.5 Å². The zero-order valence-corrected chi connectivity index (χ0v) is 31.0. The highest BCUT2D eigenvalue weighted by Crippen LogP contribution is 2.25. The highest BCUT2D eigenvalue weighted by atomic mass is 35.5. The summed E-state index contributed by atoms with van der Waals surface area (Å²) in [6.45, 7) is 13.2. The van der Waals surface area contributed by atoms with Gasteiger partial charge >= 0.3 is 0 Å². The Labute approximate surface area is 308 Å². The van der Waals surface area contributed by atoms with Crippen molar-refractivity contribution in [3.63, 3.8) is 0 Å². The minimum absolute atomic E-state index is 0.0459. The molecule has 0 unspecified atom stereocenters. The van der Waals surface area contributed by atoms with Crippen LogP contribution in [0.5, 0.6) is 0 Å². The van der Waals surface area contributed by atoms with Crippen LogP contribution in [0.3, 0.4) is 0 Å². The molecule has 0 radical (unpaired) electrons. The number of hydrogen-bond acceptors (Lipinski definition) is 6. The fourth-order valence-corrected chi connectivity index (χ4v) is 5.57. The monoisotopic (exact) mass is 735 g/mol. The molecule has 0 aliphatic heterocycles. The van der Waals surface area contributed by atoms with E-state index in [-0.39, 0.29) is 11.7 Å². The van der Waals surface area contributed by atoms with Crippen LogP contribution in [0.2, 0.25) is 10.0 Å². The third-order valence-electron chi connectivity index (χ3n) is 7.83. The predicted molar refractivity (Wildman–Crippen MR) is 204 cm³/mol. The number of halogens is 4. The van der Waals surface area contributed by atoms with Gasteiger partial charge in [0.25, 0.3) is 0 Å². The van der Waals surface area contributed by atoms with Crippen molar-refractivity contribution < 1.29 is 8.78 Å². The predicted octanol–water partition coefficient (Wildman–Crippen LogP) is 9.67. The Morgan fingerprint density at radius 1 is 0.706 bits per heavy atom. The second-order valence-corrected chi connectivity index (χ2v) is 13.0. The van der Waals surface area contributed by atoms with Gasteiger partial charge in [-0.2, -0.15) is 0 Å². The summed E-state index contributed by atoms with van der Waals surface area (Å²) in [7, 11) is 0. The summed E-state index contributed by atoms with van der Waals surface area (Å²) in [4.78, 5) is 27.8. The van der Waals surface area contributed by atoms with Gasteiger partial charge in [0, 0.05) is 77.1 Å². The molecule has 0 bridgehead atoms. The van der Waals surface area contributed by atoms with E-state index in [1.54, 1.807) is 29.8 Å². The molecular weight excluding hydrogens is 691 g/mol. The average Bonchev–Trinajstić information content (AvgIpc) is 3.92. The lowest BCUT2D eigenvalue weighted by atomic mass is 10.2. The molecule has 3 aromatic carbocycles. The molecule has 0 spiro atoms. The summed E-state index contributed by atoms with van der Waals surface area (Å²) >= 11 is 12.0. The number of benzene rings is 3. The van der Waals surface area contributed by atoms with E-state index in [1.807, 2.05) is 62.6 Å². The maximum absolute atomic E-state index is 13.8. The van der Waals surface area contributed by atoms with E-state index in [1.165, 1.54) is 6.07 Å². The molecule has 270 valence electrons. The van der Waals surface area contributed by atoms with Crippen molar-refractivity contribution in [2.24, 2.45) is 0 Å². The van der Waals surface area contributed by atoms with Gasteiger partial charge in [0.1, 0.15) is 23.3 Å². The third kappa shape index (κ3) is 12.1. The Hall–Kier alpha value is -4.87. The second-order valence-electron chi connectivity index (χ2n) is 12.2. The molecule has 3 aromatic heterocycles. The smallest absolute Gasteiger partial charge is 0.146 e. The minimum atomic E-state index is -0.443. The molecule has 6 rings (SSSR count). The highest BCUT2D eigenvalue weighted by molar-refractivity contribution is 6.31. The Balaban J connectivity index is 0.000000172. The van der Waals surface area contributed by atoms with Crippen LogP contribution in [-0.4, -0.2) is 48.5 Å². The zero-order chi connectivity index (χ0) is 36.8. The van der Waals surface area contributed by atoms with Crippen LogP contribution in [-0.2, 0) is 19.6 Å². The van der Waals surface area contributed by atoms with Gasteiger partial charge in [-0.05, 0) is 83.1 Å². The molecule has 0 fully saturated rings. The van der Waals surface area contributed by atoms with Gasteiger partial charge in [-0.3, -0.25) is 0 Å². The zero-order valence-electron chi connectivity index (χ0n) is 29.5. The number of nitrogens with one attached hydrogen (secondary N) is 3. The Morgan fingerprint density at radius 3 is 1.84 bits per heavy atom. The number of imidazole rings is 3. The fraction of sp³-hybridized carbons (Fsp3) is 0.289. The summed E-state index contributed by atoms with van der Waals surface area (Å²) in [6.07, 6.45) is 10.4. The molecule has 0 atom stereocenters. The lowest BCUT2D eigenvalue weighted by molar-refractivity contribution is 0.578. The topological polar surface area (TPSA) is 95.8 Å². The number of aromatic amines is 3. The molecule has 3 heterocycles. The van der Waals surface area contributed by atoms with E-state index in [9.17, 15) is 8.78 Å². The van der Waals surface area contributed by atoms with Gasteiger partial charge in [0.2, 0.25) is 0 Å². The minimum Gasteiger partial charge on any atom is -0.364 e. The van der Waals surface area contributed by atoms with Gasteiger partial charge in [-0.15, -0.1) is 0 Å². The number of H-pyrrole nitrogens is 3. The molecule has 0 saturated carbocycles. The van der Waals surface area contributed by atoms with Crippen LogP contribution in [0.25, 0.3) is 0 Å². The van der Waals surface area contributed by atoms with E-state index in [4.69, 9.17) is 23.2 Å². The van der Waals surface area contributed by atoms with Crippen LogP contribution in [0.4, 0.5) is 25.8 Å². The standard InChI is InChI=1S/C13H16ClN3.C13H15F2N3.C12H14ClN3/c1-10(2)17(9-13-15-6-7-16-13)12-5-3-4-11(14)8-12;1-9(2)18(7-11-6-16-8-17-11)13-5-10(14)3-4-12(13)15;1-2-16(9-12-14-6-7-15-12)11-5-3-4-10(13)8-11/h3-8,10H,9H2,1-2H3,(H,15,16);3-6,8-9H,7H2,1-2H3,(H,16,17);3-8H,2,9H2,1H3,(H,14,15). The molecule has 9 nitrogen and oxygen atoms in total. The van der Waals surface area contributed by atoms with Gasteiger partial charge in [0.15, 0.2) is 0 Å². The molecule has 13 heteroatoms. The van der Waals surface area contributed by atoms with Crippen molar-refractivity contribution in [1.29, 1.82) is 0 Å². The van der Waals surface area contributed by atoms with Crippen molar-refractivity contribution >= 4 is 40.3 Å². The lowest BCUT2D eigenvalue weighted by Crippen LogP contribution is -2.31. The van der Waals surface area contributed by atoms with Gasteiger partial charge in [-0.25, -0.2) is 23.7 Å². The molecule has 0 aliphatic rings. The van der Waals surface area contributed by atoms with Crippen molar-refractivity contribution in [1.82, 2.24) is 29.9 Å². The van der Waals surface area contributed by atoms with Crippen molar-refractivity contribution in [3.8, 4) is 0 Å². The van der Waals surface area contributed by atoms with Crippen LogP contribution in [0, 0.1) is 11.6 Å². The van der Waals surface area contributed by atoms with Crippen molar-refractivity contribution in [3.05, 3.63) is 143 Å². The van der Waals surface area contributed by atoms with E-state index in [0.29, 0.717) is 12.6 Å². The largest absolute Gasteiger partial charge is 0.364 e. The third-order valence-corrected chi connectivity index (χ3v) is 8.30. The van der Waals surface area contributed by atoms with Crippen LogP contribution in [0.1, 0.15) is 52.0 Å². The highest BCUT2D eigenvalue weighted by Gasteiger charge is 2.17. The van der Waals surface area contributed by atoms with Gasteiger partial charge < -0.3 is 29.7 Å². The number of rotatable bonds is 12. The SMILES string of the molecule is CC(C)N(Cc1cnc[nH]1)c1cc(F)ccc1F.CC(C)N(Cc1ncc[nH]1)c1cccc(Cl)c1.CCN(Cc1ncc[nH]1)c1cccc(Cl)c1. The lowest BCUT2D eigenvalue weighted by Gasteiger charge is -2.28. The summed E-state index contributed by atoms with van der Waals surface area (Å²) in [5.74, 6) is 1.05. The average molecular weight is 737 g/mol. The molecular formula is C38H45Cl2F2N9. The van der Waals surface area contributed by atoms with Gasteiger partial charge in [0.05, 0.1) is 37.3 Å². The Bertz CT molecular complexity index is 1850. The summed E-state index contributed by atoms with van der Waals surface area (Å²) in [5, 5.41) is 1.52. The van der Waals surface area contributed by atoms with Crippen LogP contribution >= 0.6 is 23.2 Å². The molecule has 51 heavy (non-hydrogen) atoms. The molecule has 3 N–H and O–H groups in total. The first-order valence-corrected chi connectivity index (χ1v) is 17.5. The number of aromatic nitrogens is 6.